The Labute approximate surface area is 175 Å². The summed E-state index contributed by atoms with van der Waals surface area (Å²) in [4.78, 5) is 37.5. The molecule has 164 valence electrons. The highest BCUT2D eigenvalue weighted by molar-refractivity contribution is 6.06. The number of esters is 1. The van der Waals surface area contributed by atoms with E-state index in [1.54, 1.807) is 0 Å². The molecule has 0 saturated carbocycles. The van der Waals surface area contributed by atoms with Gasteiger partial charge in [0.25, 0.3) is 0 Å². The summed E-state index contributed by atoms with van der Waals surface area (Å²) in [6, 6.07) is 1.67. The molecule has 8 nitrogen and oxygen atoms in total. The monoisotopic (exact) mass is 419 g/mol. The second kappa shape index (κ2) is 8.73. The largest absolute Gasteiger partial charge is 0.478 e. The highest BCUT2D eigenvalue weighted by Crippen LogP contribution is 2.41. The lowest BCUT2D eigenvalue weighted by Crippen LogP contribution is -2.48. The molecule has 2 atom stereocenters. The van der Waals surface area contributed by atoms with Crippen molar-refractivity contribution in [2.24, 2.45) is 11.3 Å². The van der Waals surface area contributed by atoms with E-state index in [1.807, 2.05) is 26.8 Å². The fourth-order valence-electron chi connectivity index (χ4n) is 4.23. The number of hydrogen-bond donors (Lipinski definition) is 2. The van der Waals surface area contributed by atoms with Crippen LogP contribution in [0.5, 0.6) is 0 Å². The molecule has 1 aliphatic heterocycles. The number of methoxy groups -OCH3 is 1. The second-order valence-corrected chi connectivity index (χ2v) is 8.63. The van der Waals surface area contributed by atoms with Crippen molar-refractivity contribution < 1.29 is 33.7 Å². The van der Waals surface area contributed by atoms with Crippen LogP contribution in [0.2, 0.25) is 0 Å². The molecule has 0 bridgehead atoms. The molecule has 0 unspecified atom stereocenters. The maximum absolute atomic E-state index is 13.2. The van der Waals surface area contributed by atoms with Crippen molar-refractivity contribution in [3.8, 4) is 0 Å². The standard InChI is InChI=1S/C22H29NO7/c1-12(2)16(10-29-11-28-4)23-21(27)22(3)8-14-7-13-5-6-30-20(26)17(13)18(19(24)25)15(14)9-22/h7,12,16H,5-6,8-11H2,1-4H3,(H,23,27)(H,24,25)/t16-,22+/m1/s1. The highest BCUT2D eigenvalue weighted by Gasteiger charge is 2.44. The van der Waals surface area contributed by atoms with Crippen LogP contribution >= 0.6 is 0 Å². The van der Waals surface area contributed by atoms with Gasteiger partial charge in [0.2, 0.25) is 5.91 Å². The zero-order valence-electron chi connectivity index (χ0n) is 17.9. The molecular formula is C22H29NO7. The van der Waals surface area contributed by atoms with Gasteiger partial charge in [-0.2, -0.15) is 0 Å². The van der Waals surface area contributed by atoms with E-state index < -0.39 is 17.4 Å². The van der Waals surface area contributed by atoms with E-state index in [4.69, 9.17) is 14.2 Å². The molecule has 3 rings (SSSR count). The Morgan fingerprint density at radius 2 is 2.03 bits per heavy atom. The molecule has 0 fully saturated rings. The van der Waals surface area contributed by atoms with Gasteiger partial charge in [-0.05, 0) is 35.4 Å². The van der Waals surface area contributed by atoms with Gasteiger partial charge < -0.3 is 24.6 Å². The Morgan fingerprint density at radius 1 is 1.30 bits per heavy atom. The van der Waals surface area contributed by atoms with Crippen molar-refractivity contribution in [1.29, 1.82) is 0 Å². The van der Waals surface area contributed by atoms with Crippen LogP contribution in [0.3, 0.4) is 0 Å². The molecule has 2 N–H and O–H groups in total. The van der Waals surface area contributed by atoms with Gasteiger partial charge in [-0.25, -0.2) is 9.59 Å². The van der Waals surface area contributed by atoms with Crippen molar-refractivity contribution >= 4 is 17.8 Å². The molecule has 8 heteroatoms. The number of carboxylic acid groups (broad SMARTS) is 1. The number of cyclic esters (lactones) is 1. The number of carbonyl (C=O) groups is 3. The van der Waals surface area contributed by atoms with Crippen molar-refractivity contribution in [2.45, 2.75) is 46.1 Å². The van der Waals surface area contributed by atoms with Gasteiger partial charge >= 0.3 is 11.9 Å². The number of benzene rings is 1. The van der Waals surface area contributed by atoms with Gasteiger partial charge in [0, 0.05) is 13.5 Å². The molecule has 1 aromatic carbocycles. The SMILES string of the molecule is COCOC[C@@H](NC(=O)[C@@]1(C)Cc2cc3c(c(C(=O)O)c2C1)C(=O)OCC3)C(C)C. The Bertz CT molecular complexity index is 864. The smallest absolute Gasteiger partial charge is 0.339 e. The zero-order valence-corrected chi connectivity index (χ0v) is 17.9. The highest BCUT2D eigenvalue weighted by atomic mass is 16.7. The summed E-state index contributed by atoms with van der Waals surface area (Å²) in [6.45, 7) is 6.52. The van der Waals surface area contributed by atoms with E-state index in [-0.39, 0.29) is 48.8 Å². The number of amides is 1. The molecule has 1 heterocycles. The van der Waals surface area contributed by atoms with Crippen molar-refractivity contribution in [3.63, 3.8) is 0 Å². The average Bonchev–Trinajstić information content (AvgIpc) is 3.02. The van der Waals surface area contributed by atoms with Crippen LogP contribution in [0, 0.1) is 11.3 Å². The van der Waals surface area contributed by atoms with E-state index in [9.17, 15) is 19.5 Å². The Balaban J connectivity index is 1.87. The third-order valence-corrected chi connectivity index (χ3v) is 5.95. The maximum atomic E-state index is 13.2. The quantitative estimate of drug-likeness (QED) is 0.376. The normalized spacial score (nSPS) is 21.0. The van der Waals surface area contributed by atoms with Crippen LogP contribution in [-0.2, 0) is 38.3 Å². The van der Waals surface area contributed by atoms with Crippen LogP contribution in [0.15, 0.2) is 6.07 Å². The Hall–Kier alpha value is -2.45. The van der Waals surface area contributed by atoms with E-state index >= 15 is 0 Å². The van der Waals surface area contributed by atoms with Gasteiger partial charge in [-0.1, -0.05) is 26.8 Å². The number of carboxylic acids is 1. The predicted molar refractivity (Wildman–Crippen MR) is 107 cm³/mol. The molecule has 30 heavy (non-hydrogen) atoms. The van der Waals surface area contributed by atoms with E-state index in [2.05, 4.69) is 5.32 Å². The van der Waals surface area contributed by atoms with Crippen LogP contribution < -0.4 is 5.32 Å². The lowest BCUT2D eigenvalue weighted by atomic mass is 9.85. The summed E-state index contributed by atoms with van der Waals surface area (Å²) >= 11 is 0. The average molecular weight is 419 g/mol. The fraction of sp³-hybridized carbons (Fsp3) is 0.591. The van der Waals surface area contributed by atoms with Gasteiger partial charge in [0.05, 0.1) is 35.8 Å². The number of ether oxygens (including phenoxy) is 3. The minimum Gasteiger partial charge on any atom is -0.478 e. The number of carbonyl (C=O) groups excluding carboxylic acids is 2. The minimum atomic E-state index is -1.17. The summed E-state index contributed by atoms with van der Waals surface area (Å²) in [7, 11) is 1.54. The summed E-state index contributed by atoms with van der Waals surface area (Å²) in [5.74, 6) is -1.78. The number of aromatic carboxylic acids is 1. The summed E-state index contributed by atoms with van der Waals surface area (Å²) in [6.07, 6.45) is 1.14. The van der Waals surface area contributed by atoms with Crippen LogP contribution in [-0.4, -0.2) is 56.1 Å². The first-order valence-corrected chi connectivity index (χ1v) is 10.1. The third-order valence-electron chi connectivity index (χ3n) is 5.95. The molecule has 1 aliphatic carbocycles. The lowest BCUT2D eigenvalue weighted by Gasteiger charge is -2.29. The zero-order chi connectivity index (χ0) is 22.1. The second-order valence-electron chi connectivity index (χ2n) is 8.63. The first-order chi connectivity index (χ1) is 14.2. The van der Waals surface area contributed by atoms with Gasteiger partial charge in [-0.3, -0.25) is 4.79 Å². The van der Waals surface area contributed by atoms with Crippen LogP contribution in [0.1, 0.15) is 58.2 Å². The Morgan fingerprint density at radius 3 is 2.67 bits per heavy atom. The summed E-state index contributed by atoms with van der Waals surface area (Å²) in [5, 5.41) is 12.9. The molecule has 1 amide bonds. The van der Waals surface area contributed by atoms with E-state index in [0.29, 0.717) is 30.6 Å². The van der Waals surface area contributed by atoms with Crippen molar-refractivity contribution in [2.75, 3.05) is 27.1 Å². The predicted octanol–water partition coefficient (Wildman–Crippen LogP) is 1.96. The lowest BCUT2D eigenvalue weighted by molar-refractivity contribution is -0.132. The van der Waals surface area contributed by atoms with Gasteiger partial charge in [0.15, 0.2) is 0 Å². The molecular weight excluding hydrogens is 390 g/mol. The summed E-state index contributed by atoms with van der Waals surface area (Å²) in [5.41, 5.74) is 1.34. The van der Waals surface area contributed by atoms with Crippen LogP contribution in [0.25, 0.3) is 0 Å². The number of fused-ring (bicyclic) bond motifs is 2. The molecule has 0 radical (unpaired) electrons. The first-order valence-electron chi connectivity index (χ1n) is 10.1. The number of rotatable bonds is 8. The van der Waals surface area contributed by atoms with Crippen LogP contribution in [0.4, 0.5) is 0 Å². The number of hydrogen-bond acceptors (Lipinski definition) is 6. The molecule has 0 spiro atoms. The first kappa shape index (κ1) is 22.2. The molecule has 0 aromatic heterocycles. The minimum absolute atomic E-state index is 0.0208. The van der Waals surface area contributed by atoms with Gasteiger partial charge in [0.1, 0.15) is 6.79 Å². The van der Waals surface area contributed by atoms with Crippen molar-refractivity contribution in [1.82, 2.24) is 5.32 Å². The maximum Gasteiger partial charge on any atom is 0.339 e. The molecule has 1 aromatic rings. The molecule has 0 saturated heterocycles. The topological polar surface area (TPSA) is 111 Å². The third kappa shape index (κ3) is 4.20. The van der Waals surface area contributed by atoms with E-state index in [0.717, 1.165) is 5.56 Å². The summed E-state index contributed by atoms with van der Waals surface area (Å²) < 4.78 is 15.4. The molecule has 2 aliphatic rings. The Kier molecular flexibility index (Phi) is 6.47. The van der Waals surface area contributed by atoms with Gasteiger partial charge in [-0.15, -0.1) is 0 Å². The fourth-order valence-corrected chi connectivity index (χ4v) is 4.23. The van der Waals surface area contributed by atoms with Crippen molar-refractivity contribution in [3.05, 3.63) is 33.9 Å². The van der Waals surface area contributed by atoms with E-state index in [1.165, 1.54) is 7.11 Å². The number of nitrogens with one attached hydrogen (secondary N) is 1.